The van der Waals surface area contributed by atoms with Crippen LogP contribution in [-0.4, -0.2) is 16.0 Å². The summed E-state index contributed by atoms with van der Waals surface area (Å²) in [6.07, 6.45) is 3.52. The summed E-state index contributed by atoms with van der Waals surface area (Å²) in [4.78, 5) is 14.1. The number of hydrogen-bond donors (Lipinski definition) is 0. The van der Waals surface area contributed by atoms with Crippen LogP contribution < -0.4 is 0 Å². The van der Waals surface area contributed by atoms with E-state index in [4.69, 9.17) is 0 Å². The zero-order chi connectivity index (χ0) is 11.1. The van der Waals surface area contributed by atoms with Gasteiger partial charge in [0, 0.05) is 17.8 Å². The molecule has 0 unspecified atom stereocenters. The van der Waals surface area contributed by atoms with Gasteiger partial charge in [-0.2, -0.15) is 0 Å². The van der Waals surface area contributed by atoms with Crippen LogP contribution in [0.15, 0.2) is 28.5 Å². The van der Waals surface area contributed by atoms with Gasteiger partial charge < -0.3 is 10.1 Å². The van der Waals surface area contributed by atoms with E-state index in [-0.39, 0.29) is 5.82 Å². The molecule has 0 aliphatic heterocycles. The van der Waals surface area contributed by atoms with Crippen LogP contribution in [-0.2, 0) is 0 Å². The fourth-order valence-corrected chi connectivity index (χ4v) is 1.05. The van der Waals surface area contributed by atoms with E-state index in [0.717, 1.165) is 0 Å². The molecule has 0 aromatic heterocycles. The molecule has 0 fully saturated rings. The van der Waals surface area contributed by atoms with Gasteiger partial charge >= 0.3 is 5.82 Å². The molecule has 0 aliphatic rings. The average molecular weight is 261 g/mol. The van der Waals surface area contributed by atoms with E-state index < -0.39 is 4.92 Å². The number of hydrogen-bond acceptors (Lipinski definition) is 3. The van der Waals surface area contributed by atoms with Gasteiger partial charge in [0.1, 0.15) is 5.71 Å². The number of nitrogens with zero attached hydrogens (tertiary/aromatic N) is 2. The standard InChI is InChI=1S/C9H13BrN2O2/c1-4-5-8(3)11-9(12(13)14)7(2)6-10/h4-5H,6H2,1-3H3/b5-4?,9-7-,11-8?. The molecule has 0 aromatic rings. The van der Waals surface area contributed by atoms with Crippen LogP contribution in [0.4, 0.5) is 0 Å². The van der Waals surface area contributed by atoms with Crippen LogP contribution in [0.2, 0.25) is 0 Å². The molecule has 4 nitrogen and oxygen atoms in total. The predicted octanol–water partition coefficient (Wildman–Crippen LogP) is 2.93. The van der Waals surface area contributed by atoms with Gasteiger partial charge in [-0.05, 0) is 29.8 Å². The molecule has 0 spiro atoms. The summed E-state index contributed by atoms with van der Waals surface area (Å²) in [5, 5.41) is 11.1. The average Bonchev–Trinajstić information content (AvgIpc) is 2.13. The van der Waals surface area contributed by atoms with Gasteiger partial charge in [0.2, 0.25) is 0 Å². The molecule has 0 saturated heterocycles. The molecule has 78 valence electrons. The SMILES string of the molecule is CC=CC(C)=N/C(=C(\C)CBr)[N+](=O)[O-]. The minimum Gasteiger partial charge on any atom is -0.358 e. The van der Waals surface area contributed by atoms with Crippen LogP contribution >= 0.6 is 15.9 Å². The maximum atomic E-state index is 10.6. The highest BCUT2D eigenvalue weighted by atomic mass is 79.9. The van der Waals surface area contributed by atoms with E-state index in [1.54, 1.807) is 26.0 Å². The number of aliphatic imine (C=N–C) groups is 1. The molecular formula is C9H13BrN2O2. The zero-order valence-electron chi connectivity index (χ0n) is 8.45. The third-order valence-corrected chi connectivity index (χ3v) is 2.29. The van der Waals surface area contributed by atoms with E-state index >= 15 is 0 Å². The van der Waals surface area contributed by atoms with Crippen molar-refractivity contribution < 1.29 is 4.92 Å². The summed E-state index contributed by atoms with van der Waals surface area (Å²) in [5.74, 6) is -0.0857. The van der Waals surface area contributed by atoms with Gasteiger partial charge in [-0.15, -0.1) is 0 Å². The number of rotatable bonds is 4. The van der Waals surface area contributed by atoms with Gasteiger partial charge in [-0.25, -0.2) is 0 Å². The first-order valence-electron chi connectivity index (χ1n) is 4.11. The fourth-order valence-electron chi connectivity index (χ4n) is 0.797. The Hall–Kier alpha value is -0.970. The van der Waals surface area contributed by atoms with Crippen LogP contribution in [0.5, 0.6) is 0 Å². The Balaban J connectivity index is 5.07. The van der Waals surface area contributed by atoms with Gasteiger partial charge in [-0.3, -0.25) is 0 Å². The molecule has 0 bridgehead atoms. The van der Waals surface area contributed by atoms with Gasteiger partial charge in [-0.1, -0.05) is 22.0 Å². The van der Waals surface area contributed by atoms with Crippen LogP contribution in [0, 0.1) is 10.1 Å². The minimum absolute atomic E-state index is 0.0857. The molecule has 14 heavy (non-hydrogen) atoms. The van der Waals surface area contributed by atoms with E-state index in [9.17, 15) is 10.1 Å². The molecule has 0 radical (unpaired) electrons. The molecule has 0 N–H and O–H groups in total. The van der Waals surface area contributed by atoms with E-state index in [1.807, 2.05) is 6.92 Å². The van der Waals surface area contributed by atoms with Crippen LogP contribution in [0.25, 0.3) is 0 Å². The first kappa shape index (κ1) is 13.0. The lowest BCUT2D eigenvalue weighted by Gasteiger charge is -1.96. The Morgan fingerprint density at radius 3 is 2.50 bits per heavy atom. The van der Waals surface area contributed by atoms with Crippen molar-refractivity contribution in [1.29, 1.82) is 0 Å². The first-order valence-corrected chi connectivity index (χ1v) is 5.23. The highest BCUT2D eigenvalue weighted by Crippen LogP contribution is 2.09. The summed E-state index contributed by atoms with van der Waals surface area (Å²) < 4.78 is 0. The normalized spacial score (nSPS) is 14.4. The maximum Gasteiger partial charge on any atom is 0.363 e. The first-order chi connectivity index (χ1) is 6.52. The summed E-state index contributed by atoms with van der Waals surface area (Å²) in [7, 11) is 0. The molecule has 0 heterocycles. The Kier molecular flexibility index (Phi) is 6.03. The van der Waals surface area contributed by atoms with Crippen LogP contribution in [0.1, 0.15) is 20.8 Å². The van der Waals surface area contributed by atoms with Crippen molar-refractivity contribution in [3.63, 3.8) is 0 Å². The van der Waals surface area contributed by atoms with E-state index in [0.29, 0.717) is 16.6 Å². The smallest absolute Gasteiger partial charge is 0.358 e. The lowest BCUT2D eigenvalue weighted by Crippen LogP contribution is -2.02. The Morgan fingerprint density at radius 1 is 1.57 bits per heavy atom. The van der Waals surface area contributed by atoms with Gasteiger partial charge in [0.15, 0.2) is 0 Å². The second-order valence-corrected chi connectivity index (χ2v) is 3.31. The lowest BCUT2D eigenvalue weighted by molar-refractivity contribution is -0.427. The van der Waals surface area contributed by atoms with Crippen molar-refractivity contribution >= 4 is 21.6 Å². The summed E-state index contributed by atoms with van der Waals surface area (Å²) >= 11 is 3.16. The lowest BCUT2D eigenvalue weighted by atomic mass is 10.3. The number of alkyl halides is 1. The predicted molar refractivity (Wildman–Crippen MR) is 61.4 cm³/mol. The molecule has 0 amide bonds. The second kappa shape index (κ2) is 6.48. The Morgan fingerprint density at radius 2 is 2.14 bits per heavy atom. The Bertz CT molecular complexity index is 306. The Labute approximate surface area is 91.7 Å². The maximum absolute atomic E-state index is 10.6. The summed E-state index contributed by atoms with van der Waals surface area (Å²) in [6, 6.07) is 0. The van der Waals surface area contributed by atoms with Crippen molar-refractivity contribution in [2.45, 2.75) is 20.8 Å². The minimum atomic E-state index is -0.469. The highest BCUT2D eigenvalue weighted by molar-refractivity contribution is 9.09. The molecule has 0 aromatic carbocycles. The van der Waals surface area contributed by atoms with Crippen LogP contribution in [0.3, 0.4) is 0 Å². The van der Waals surface area contributed by atoms with E-state index in [1.165, 1.54) is 0 Å². The number of allylic oxidation sites excluding steroid dienone is 3. The molecule has 0 aliphatic carbocycles. The summed E-state index contributed by atoms with van der Waals surface area (Å²) in [5.41, 5.74) is 1.23. The topological polar surface area (TPSA) is 55.5 Å². The monoisotopic (exact) mass is 260 g/mol. The van der Waals surface area contributed by atoms with Crippen molar-refractivity contribution in [2.24, 2.45) is 4.99 Å². The van der Waals surface area contributed by atoms with Crippen molar-refractivity contribution in [2.75, 3.05) is 5.33 Å². The molecule has 0 saturated carbocycles. The largest absolute Gasteiger partial charge is 0.363 e. The third-order valence-electron chi connectivity index (χ3n) is 1.45. The van der Waals surface area contributed by atoms with Crippen molar-refractivity contribution in [3.05, 3.63) is 33.7 Å². The van der Waals surface area contributed by atoms with Gasteiger partial charge in [0.25, 0.3) is 0 Å². The fraction of sp³-hybridized carbons (Fsp3) is 0.444. The molecule has 0 rings (SSSR count). The molecule has 5 heteroatoms. The quantitative estimate of drug-likeness (QED) is 0.338. The van der Waals surface area contributed by atoms with Crippen molar-refractivity contribution in [3.8, 4) is 0 Å². The highest BCUT2D eigenvalue weighted by Gasteiger charge is 2.13. The second-order valence-electron chi connectivity index (χ2n) is 2.75. The number of nitro groups is 1. The number of halogens is 1. The zero-order valence-corrected chi connectivity index (χ0v) is 10.0. The van der Waals surface area contributed by atoms with Crippen molar-refractivity contribution in [1.82, 2.24) is 0 Å². The van der Waals surface area contributed by atoms with E-state index in [2.05, 4.69) is 20.9 Å². The molecule has 0 atom stereocenters. The molecular weight excluding hydrogens is 248 g/mol. The van der Waals surface area contributed by atoms with Gasteiger partial charge in [0.05, 0.1) is 0 Å². The summed E-state index contributed by atoms with van der Waals surface area (Å²) in [6.45, 7) is 5.25. The third kappa shape index (κ3) is 4.32.